The van der Waals surface area contributed by atoms with Gasteiger partial charge in [0.25, 0.3) is 0 Å². The summed E-state index contributed by atoms with van der Waals surface area (Å²) >= 11 is 0. The molecule has 6 atom stereocenters. The summed E-state index contributed by atoms with van der Waals surface area (Å²) in [5, 5.41) is 40.1. The summed E-state index contributed by atoms with van der Waals surface area (Å²) in [5.74, 6) is -0.316. The Morgan fingerprint density at radius 2 is 1.05 bits per heavy atom. The van der Waals surface area contributed by atoms with Crippen molar-refractivity contribution in [3.63, 3.8) is 0 Å². The van der Waals surface area contributed by atoms with E-state index in [4.69, 9.17) is 18.9 Å². The SMILES string of the molecule is CC/C=C\C/C=C\C/C=C\C/C=C\CCCCCCCCCCCCCOCC(COC1OC(CO)C(O)C(O)C1O)OC(=O)CCCCCCCCCCCCC. The molecule has 0 aromatic carbocycles. The average Bonchev–Trinajstić information content (AvgIpc) is 3.22. The maximum absolute atomic E-state index is 12.7. The number of hydrogen-bond donors (Lipinski definition) is 4. The van der Waals surface area contributed by atoms with Crippen LogP contribution in [0.1, 0.15) is 194 Å². The van der Waals surface area contributed by atoms with Gasteiger partial charge in [0.05, 0.1) is 19.8 Å². The average molecular weight is 821 g/mol. The van der Waals surface area contributed by atoms with Gasteiger partial charge in [-0.05, 0) is 51.4 Å². The Bertz CT molecular complexity index is 1030. The lowest BCUT2D eigenvalue weighted by Crippen LogP contribution is -2.59. The lowest BCUT2D eigenvalue weighted by Gasteiger charge is -2.39. The van der Waals surface area contributed by atoms with Crippen molar-refractivity contribution < 1.29 is 44.2 Å². The molecule has 4 N–H and O–H groups in total. The highest BCUT2D eigenvalue weighted by Gasteiger charge is 2.44. The van der Waals surface area contributed by atoms with E-state index in [1.807, 2.05) is 0 Å². The van der Waals surface area contributed by atoms with Crippen LogP contribution in [0.4, 0.5) is 0 Å². The number of ether oxygens (including phenoxy) is 4. The second kappa shape index (κ2) is 40.6. The van der Waals surface area contributed by atoms with E-state index in [9.17, 15) is 25.2 Å². The number of esters is 1. The van der Waals surface area contributed by atoms with Crippen molar-refractivity contribution in [3.8, 4) is 0 Å². The number of rotatable bonds is 40. The Hall–Kier alpha value is -1.85. The van der Waals surface area contributed by atoms with Crippen molar-refractivity contribution in [2.45, 2.75) is 230 Å². The summed E-state index contributed by atoms with van der Waals surface area (Å²) in [5.41, 5.74) is 0. The van der Waals surface area contributed by atoms with E-state index in [0.29, 0.717) is 13.0 Å². The van der Waals surface area contributed by atoms with Crippen molar-refractivity contribution in [3.05, 3.63) is 48.6 Å². The quantitative estimate of drug-likeness (QED) is 0.0271. The Morgan fingerprint density at radius 3 is 1.59 bits per heavy atom. The lowest BCUT2D eigenvalue weighted by molar-refractivity contribution is -0.305. The molecule has 1 saturated heterocycles. The van der Waals surface area contributed by atoms with Crippen LogP contribution < -0.4 is 0 Å². The van der Waals surface area contributed by atoms with Crippen LogP contribution in [0.5, 0.6) is 0 Å². The van der Waals surface area contributed by atoms with Gasteiger partial charge in [0, 0.05) is 13.0 Å². The second-order valence-corrected chi connectivity index (χ2v) is 16.2. The first kappa shape index (κ1) is 54.2. The molecule has 0 aliphatic carbocycles. The molecule has 9 nitrogen and oxygen atoms in total. The minimum absolute atomic E-state index is 0.113. The molecule has 1 rings (SSSR count). The third kappa shape index (κ3) is 31.1. The molecule has 0 bridgehead atoms. The van der Waals surface area contributed by atoms with Gasteiger partial charge in [0.2, 0.25) is 0 Å². The summed E-state index contributed by atoms with van der Waals surface area (Å²) < 4.78 is 22.8. The summed E-state index contributed by atoms with van der Waals surface area (Å²) in [7, 11) is 0. The highest BCUT2D eigenvalue weighted by molar-refractivity contribution is 5.69. The topological polar surface area (TPSA) is 135 Å². The molecule has 1 aliphatic heterocycles. The number of aliphatic hydroxyl groups is 4. The van der Waals surface area contributed by atoms with Gasteiger partial charge in [0.15, 0.2) is 6.29 Å². The van der Waals surface area contributed by atoms with Gasteiger partial charge >= 0.3 is 5.97 Å². The van der Waals surface area contributed by atoms with Crippen molar-refractivity contribution in [1.29, 1.82) is 0 Å². The van der Waals surface area contributed by atoms with Gasteiger partial charge < -0.3 is 39.4 Å². The van der Waals surface area contributed by atoms with Crippen molar-refractivity contribution in [2.75, 3.05) is 26.4 Å². The predicted molar refractivity (Wildman–Crippen MR) is 238 cm³/mol. The maximum Gasteiger partial charge on any atom is 0.306 e. The first-order chi connectivity index (χ1) is 28.4. The third-order valence-corrected chi connectivity index (χ3v) is 10.8. The van der Waals surface area contributed by atoms with E-state index >= 15 is 0 Å². The lowest BCUT2D eigenvalue weighted by atomic mass is 9.99. The van der Waals surface area contributed by atoms with Crippen LogP contribution in [-0.4, -0.2) is 89.6 Å². The molecule has 0 spiro atoms. The summed E-state index contributed by atoms with van der Waals surface area (Å²) in [6, 6.07) is 0. The van der Waals surface area contributed by atoms with Gasteiger partial charge in [-0.15, -0.1) is 0 Å². The van der Waals surface area contributed by atoms with E-state index in [0.717, 1.165) is 57.8 Å². The zero-order chi connectivity index (χ0) is 42.2. The standard InChI is InChI=1S/C49H88O9/c1-3-5-7-9-11-13-15-16-17-18-19-20-21-22-23-24-25-26-27-29-31-33-35-37-39-55-41-43(42-56-49-48(54)47(53)46(52)44(40-50)58-49)57-45(51)38-36-34-32-30-28-14-12-10-8-6-4-2/h5,7,11,13,16-17,19-20,43-44,46-50,52-54H,3-4,6,8-10,12,14-15,18,21-42H2,1-2H3/b7-5-,13-11-,17-16-,20-19-. The molecule has 0 saturated carbocycles. The van der Waals surface area contributed by atoms with E-state index < -0.39 is 43.4 Å². The molecule has 9 heteroatoms. The fourth-order valence-electron chi connectivity index (χ4n) is 7.07. The van der Waals surface area contributed by atoms with E-state index in [2.05, 4.69) is 62.5 Å². The molecule has 338 valence electrons. The Kier molecular flexibility index (Phi) is 37.9. The van der Waals surface area contributed by atoms with Crippen LogP contribution in [0.25, 0.3) is 0 Å². The van der Waals surface area contributed by atoms with Crippen LogP contribution in [0, 0.1) is 0 Å². The monoisotopic (exact) mass is 821 g/mol. The molecule has 6 unspecified atom stereocenters. The second-order valence-electron chi connectivity index (χ2n) is 16.2. The van der Waals surface area contributed by atoms with Crippen molar-refractivity contribution in [1.82, 2.24) is 0 Å². The predicted octanol–water partition coefficient (Wildman–Crippen LogP) is 10.9. The number of unbranched alkanes of at least 4 members (excludes halogenated alkanes) is 21. The molecule has 58 heavy (non-hydrogen) atoms. The van der Waals surface area contributed by atoms with Gasteiger partial charge in [0.1, 0.15) is 30.5 Å². The molecule has 0 aromatic heterocycles. The highest BCUT2D eigenvalue weighted by Crippen LogP contribution is 2.23. The van der Waals surface area contributed by atoms with E-state index in [1.54, 1.807) is 0 Å². The molecule has 1 fully saturated rings. The van der Waals surface area contributed by atoms with Crippen LogP contribution in [-0.2, 0) is 23.7 Å². The fraction of sp³-hybridized carbons (Fsp3) is 0.816. The van der Waals surface area contributed by atoms with Crippen LogP contribution in [0.2, 0.25) is 0 Å². The Balaban J connectivity index is 2.18. The van der Waals surface area contributed by atoms with Crippen molar-refractivity contribution >= 4 is 5.97 Å². The molecular weight excluding hydrogens is 733 g/mol. The molecule has 0 aromatic rings. The van der Waals surface area contributed by atoms with Crippen LogP contribution in [0.15, 0.2) is 48.6 Å². The zero-order valence-electron chi connectivity index (χ0n) is 37.0. The smallest absolute Gasteiger partial charge is 0.306 e. The van der Waals surface area contributed by atoms with Crippen molar-refractivity contribution in [2.24, 2.45) is 0 Å². The van der Waals surface area contributed by atoms with Gasteiger partial charge in [-0.3, -0.25) is 4.79 Å². The zero-order valence-corrected chi connectivity index (χ0v) is 37.0. The number of aliphatic hydroxyl groups excluding tert-OH is 4. The minimum atomic E-state index is -1.54. The number of carbonyl (C=O) groups is 1. The number of allylic oxidation sites excluding steroid dienone is 8. The summed E-state index contributed by atoms with van der Waals surface area (Å²) in [6.45, 7) is 4.44. The van der Waals surface area contributed by atoms with Crippen LogP contribution in [0.3, 0.4) is 0 Å². The normalized spacial score (nSPS) is 20.7. The summed E-state index contributed by atoms with van der Waals surface area (Å²) in [4.78, 5) is 12.7. The third-order valence-electron chi connectivity index (χ3n) is 10.8. The molecule has 0 radical (unpaired) electrons. The Morgan fingerprint density at radius 1 is 0.569 bits per heavy atom. The number of hydrogen-bond acceptors (Lipinski definition) is 9. The molecule has 1 heterocycles. The molecule has 0 amide bonds. The van der Waals surface area contributed by atoms with Gasteiger partial charge in [-0.1, -0.05) is 184 Å². The first-order valence-corrected chi connectivity index (χ1v) is 23.7. The molecular formula is C49H88O9. The van der Waals surface area contributed by atoms with Gasteiger partial charge in [-0.25, -0.2) is 0 Å². The largest absolute Gasteiger partial charge is 0.457 e. The van der Waals surface area contributed by atoms with E-state index in [1.165, 1.54) is 116 Å². The van der Waals surface area contributed by atoms with Crippen LogP contribution >= 0.6 is 0 Å². The highest BCUT2D eigenvalue weighted by atomic mass is 16.7. The minimum Gasteiger partial charge on any atom is -0.457 e. The number of carbonyl (C=O) groups excluding carboxylic acids is 1. The fourth-order valence-corrected chi connectivity index (χ4v) is 7.07. The first-order valence-electron chi connectivity index (χ1n) is 23.7. The van der Waals surface area contributed by atoms with Gasteiger partial charge in [-0.2, -0.15) is 0 Å². The Labute approximate surface area is 354 Å². The maximum atomic E-state index is 12.7. The molecule has 1 aliphatic rings. The summed E-state index contributed by atoms with van der Waals surface area (Å²) in [6.07, 6.45) is 42.9. The van der Waals surface area contributed by atoms with E-state index in [-0.39, 0.29) is 19.2 Å².